The van der Waals surface area contributed by atoms with Crippen LogP contribution in [0.3, 0.4) is 0 Å². The van der Waals surface area contributed by atoms with Crippen LogP contribution < -0.4 is 5.32 Å². The summed E-state index contributed by atoms with van der Waals surface area (Å²) in [5.41, 5.74) is 4.56. The molecule has 0 radical (unpaired) electrons. The summed E-state index contributed by atoms with van der Waals surface area (Å²) in [4.78, 5) is 0. The van der Waals surface area contributed by atoms with Gasteiger partial charge in [-0.1, -0.05) is 31.2 Å². The first-order valence-electron chi connectivity index (χ1n) is 7.20. The summed E-state index contributed by atoms with van der Waals surface area (Å²) in [6.07, 6.45) is 3.63. The first-order valence-corrected chi connectivity index (χ1v) is 8.15. The van der Waals surface area contributed by atoms with Gasteiger partial charge in [-0.2, -0.15) is 11.3 Å². The van der Waals surface area contributed by atoms with Crippen LogP contribution in [0.4, 0.5) is 0 Å². The van der Waals surface area contributed by atoms with Gasteiger partial charge in [0.05, 0.1) is 0 Å². The zero-order valence-electron chi connectivity index (χ0n) is 11.4. The summed E-state index contributed by atoms with van der Waals surface area (Å²) < 4.78 is 0. The van der Waals surface area contributed by atoms with Crippen molar-refractivity contribution in [2.24, 2.45) is 5.92 Å². The van der Waals surface area contributed by atoms with Crippen molar-refractivity contribution in [3.05, 3.63) is 57.8 Å². The second-order valence-corrected chi connectivity index (χ2v) is 6.21. The summed E-state index contributed by atoms with van der Waals surface area (Å²) >= 11 is 1.80. The van der Waals surface area contributed by atoms with Gasteiger partial charge in [0.1, 0.15) is 0 Å². The minimum Gasteiger partial charge on any atom is -0.310 e. The Labute approximate surface area is 119 Å². The third-order valence-corrected chi connectivity index (χ3v) is 4.77. The van der Waals surface area contributed by atoms with E-state index in [1.807, 2.05) is 0 Å². The Bertz CT molecular complexity index is 493. The van der Waals surface area contributed by atoms with Gasteiger partial charge in [-0.15, -0.1) is 0 Å². The SMILES string of the molecule is CCCNC(c1ccsc1)C1Cc2ccccc2C1. The molecule has 0 saturated carbocycles. The molecule has 1 atom stereocenters. The van der Waals surface area contributed by atoms with Crippen molar-refractivity contribution in [2.75, 3.05) is 6.54 Å². The minimum absolute atomic E-state index is 0.513. The molecule has 0 saturated heterocycles. The summed E-state index contributed by atoms with van der Waals surface area (Å²) in [6, 6.07) is 11.7. The fourth-order valence-corrected chi connectivity index (χ4v) is 3.83. The summed E-state index contributed by atoms with van der Waals surface area (Å²) in [7, 11) is 0. The highest BCUT2D eigenvalue weighted by Crippen LogP contribution is 2.35. The van der Waals surface area contributed by atoms with Crippen LogP contribution in [0.5, 0.6) is 0 Å². The van der Waals surface area contributed by atoms with Crippen molar-refractivity contribution in [1.82, 2.24) is 5.32 Å². The van der Waals surface area contributed by atoms with E-state index in [0.29, 0.717) is 12.0 Å². The van der Waals surface area contributed by atoms with E-state index >= 15 is 0 Å². The molecule has 1 aliphatic carbocycles. The Balaban J connectivity index is 1.79. The van der Waals surface area contributed by atoms with Gasteiger partial charge in [-0.3, -0.25) is 0 Å². The van der Waals surface area contributed by atoms with Gasteiger partial charge in [0, 0.05) is 6.04 Å². The molecule has 1 aromatic carbocycles. The molecule has 1 N–H and O–H groups in total. The lowest BCUT2D eigenvalue weighted by Gasteiger charge is -2.24. The molecule has 1 unspecified atom stereocenters. The van der Waals surface area contributed by atoms with E-state index in [1.165, 1.54) is 24.8 Å². The van der Waals surface area contributed by atoms with Crippen LogP contribution in [0.2, 0.25) is 0 Å². The Morgan fingerprint density at radius 2 is 1.95 bits per heavy atom. The zero-order chi connectivity index (χ0) is 13.1. The van der Waals surface area contributed by atoms with Crippen LogP contribution in [0.15, 0.2) is 41.1 Å². The van der Waals surface area contributed by atoms with Crippen LogP contribution >= 0.6 is 11.3 Å². The second-order valence-electron chi connectivity index (χ2n) is 5.43. The highest BCUT2D eigenvalue weighted by atomic mass is 32.1. The molecule has 0 fully saturated rings. The largest absolute Gasteiger partial charge is 0.310 e. The summed E-state index contributed by atoms with van der Waals surface area (Å²) in [6.45, 7) is 3.34. The first kappa shape index (κ1) is 12.9. The average molecular weight is 271 g/mol. The van der Waals surface area contributed by atoms with Crippen molar-refractivity contribution in [3.8, 4) is 0 Å². The number of rotatable bonds is 5. The standard InChI is InChI=1S/C17H21NS/c1-2-8-18-17(15-7-9-19-12-15)16-10-13-5-3-4-6-14(13)11-16/h3-7,9,12,16-18H,2,8,10-11H2,1H3. The number of fused-ring (bicyclic) bond motifs is 1. The average Bonchev–Trinajstić information content (AvgIpc) is 3.08. The highest BCUT2D eigenvalue weighted by molar-refractivity contribution is 7.07. The van der Waals surface area contributed by atoms with Gasteiger partial charge in [0.2, 0.25) is 0 Å². The van der Waals surface area contributed by atoms with Crippen LogP contribution in [-0.4, -0.2) is 6.54 Å². The van der Waals surface area contributed by atoms with Gasteiger partial charge >= 0.3 is 0 Å². The lowest BCUT2D eigenvalue weighted by Crippen LogP contribution is -2.29. The molecule has 19 heavy (non-hydrogen) atoms. The molecule has 0 bridgehead atoms. The van der Waals surface area contributed by atoms with E-state index in [9.17, 15) is 0 Å². The summed E-state index contributed by atoms with van der Waals surface area (Å²) in [5.74, 6) is 0.707. The van der Waals surface area contributed by atoms with E-state index < -0.39 is 0 Å². The molecular weight excluding hydrogens is 250 g/mol. The molecule has 0 aliphatic heterocycles. The van der Waals surface area contributed by atoms with Gasteiger partial charge < -0.3 is 5.32 Å². The van der Waals surface area contributed by atoms with Crippen LogP contribution in [0.1, 0.15) is 36.1 Å². The Morgan fingerprint density at radius 3 is 2.53 bits per heavy atom. The Morgan fingerprint density at radius 1 is 1.21 bits per heavy atom. The lowest BCUT2D eigenvalue weighted by atomic mass is 9.92. The van der Waals surface area contributed by atoms with E-state index in [0.717, 1.165) is 6.54 Å². The van der Waals surface area contributed by atoms with Crippen molar-refractivity contribution in [3.63, 3.8) is 0 Å². The third kappa shape index (κ3) is 2.75. The fourth-order valence-electron chi connectivity index (χ4n) is 3.14. The van der Waals surface area contributed by atoms with E-state index in [4.69, 9.17) is 0 Å². The number of hydrogen-bond donors (Lipinski definition) is 1. The van der Waals surface area contributed by atoms with Crippen molar-refractivity contribution >= 4 is 11.3 Å². The van der Waals surface area contributed by atoms with Crippen LogP contribution in [-0.2, 0) is 12.8 Å². The van der Waals surface area contributed by atoms with Gasteiger partial charge in [-0.05, 0) is 65.2 Å². The highest BCUT2D eigenvalue weighted by Gasteiger charge is 2.29. The predicted octanol–water partition coefficient (Wildman–Crippen LogP) is 4.20. The topological polar surface area (TPSA) is 12.0 Å². The molecular formula is C17H21NS. The number of nitrogens with one attached hydrogen (secondary N) is 1. The molecule has 2 aromatic rings. The first-order chi connectivity index (χ1) is 9.38. The molecule has 3 rings (SSSR count). The molecule has 1 heterocycles. The van der Waals surface area contributed by atoms with E-state index in [-0.39, 0.29) is 0 Å². The van der Waals surface area contributed by atoms with Crippen molar-refractivity contribution < 1.29 is 0 Å². The summed E-state index contributed by atoms with van der Waals surface area (Å²) in [5, 5.41) is 8.25. The quantitative estimate of drug-likeness (QED) is 0.859. The molecule has 100 valence electrons. The van der Waals surface area contributed by atoms with E-state index in [2.05, 4.69) is 53.3 Å². The minimum atomic E-state index is 0.513. The van der Waals surface area contributed by atoms with Crippen LogP contribution in [0.25, 0.3) is 0 Å². The van der Waals surface area contributed by atoms with Crippen LogP contribution in [0, 0.1) is 5.92 Å². The monoisotopic (exact) mass is 271 g/mol. The van der Waals surface area contributed by atoms with Crippen molar-refractivity contribution in [2.45, 2.75) is 32.2 Å². The molecule has 0 amide bonds. The normalized spacial score (nSPS) is 16.5. The van der Waals surface area contributed by atoms with Gasteiger partial charge in [-0.25, -0.2) is 0 Å². The lowest BCUT2D eigenvalue weighted by molar-refractivity contribution is 0.375. The van der Waals surface area contributed by atoms with E-state index in [1.54, 1.807) is 22.5 Å². The third-order valence-electron chi connectivity index (χ3n) is 4.07. The smallest absolute Gasteiger partial charge is 0.0363 e. The zero-order valence-corrected chi connectivity index (χ0v) is 12.2. The van der Waals surface area contributed by atoms with Crippen molar-refractivity contribution in [1.29, 1.82) is 0 Å². The molecule has 1 aliphatic rings. The number of thiophene rings is 1. The predicted molar refractivity (Wildman–Crippen MR) is 82.7 cm³/mol. The number of hydrogen-bond acceptors (Lipinski definition) is 2. The Hall–Kier alpha value is -1.12. The molecule has 1 aromatic heterocycles. The molecule has 2 heteroatoms. The Kier molecular flexibility index (Phi) is 4.00. The second kappa shape index (κ2) is 5.89. The fraction of sp³-hybridized carbons (Fsp3) is 0.412. The maximum atomic E-state index is 3.76. The maximum absolute atomic E-state index is 3.76. The molecule has 1 nitrogen and oxygen atoms in total. The van der Waals surface area contributed by atoms with Gasteiger partial charge in [0.25, 0.3) is 0 Å². The maximum Gasteiger partial charge on any atom is 0.0363 e. The molecule has 0 spiro atoms. The number of benzene rings is 1. The van der Waals surface area contributed by atoms with Gasteiger partial charge in [0.15, 0.2) is 0 Å².